The molecule has 0 bridgehead atoms. The van der Waals surface area contributed by atoms with Crippen LogP contribution in [0.15, 0.2) is 54.1 Å². The van der Waals surface area contributed by atoms with Crippen LogP contribution in [0.4, 0.5) is 5.13 Å². The van der Waals surface area contributed by atoms with Crippen molar-refractivity contribution in [3.8, 4) is 23.0 Å². The lowest BCUT2D eigenvalue weighted by molar-refractivity contribution is -0.132. The van der Waals surface area contributed by atoms with E-state index >= 15 is 0 Å². The Morgan fingerprint density at radius 2 is 1.78 bits per heavy atom. The molecule has 41 heavy (non-hydrogen) atoms. The van der Waals surface area contributed by atoms with Gasteiger partial charge in [-0.05, 0) is 66.6 Å². The maximum Gasteiger partial charge on any atom is 0.301 e. The number of fused-ring (bicyclic) bond motifs is 2. The van der Waals surface area contributed by atoms with Gasteiger partial charge in [0.2, 0.25) is 5.75 Å². The first-order valence-electron chi connectivity index (χ1n) is 12.7. The monoisotopic (exact) mass is 592 g/mol. The van der Waals surface area contributed by atoms with Crippen LogP contribution in [0, 0.1) is 0 Å². The number of carbonyl (C=O) groups is 2. The highest BCUT2D eigenvalue weighted by Crippen LogP contribution is 2.48. The van der Waals surface area contributed by atoms with Crippen molar-refractivity contribution in [3.63, 3.8) is 0 Å². The van der Waals surface area contributed by atoms with Crippen LogP contribution in [0.5, 0.6) is 23.0 Å². The zero-order chi connectivity index (χ0) is 29.0. The van der Waals surface area contributed by atoms with Gasteiger partial charge in [-0.1, -0.05) is 22.9 Å². The minimum Gasteiger partial charge on any atom is -0.507 e. The van der Waals surface area contributed by atoms with Crippen LogP contribution >= 0.6 is 22.9 Å². The van der Waals surface area contributed by atoms with Gasteiger partial charge in [-0.15, -0.1) is 0 Å². The first-order valence-corrected chi connectivity index (χ1v) is 13.9. The van der Waals surface area contributed by atoms with Crippen molar-refractivity contribution in [1.29, 1.82) is 0 Å². The van der Waals surface area contributed by atoms with Gasteiger partial charge in [0.05, 0.1) is 43.2 Å². The molecule has 6 rings (SSSR count). The lowest BCUT2D eigenvalue weighted by Gasteiger charge is -2.24. The zero-order valence-corrected chi connectivity index (χ0v) is 24.1. The van der Waals surface area contributed by atoms with E-state index in [0.717, 1.165) is 16.0 Å². The molecule has 2 aliphatic heterocycles. The molecule has 2 aliphatic rings. The number of aromatic nitrogens is 1. The summed E-state index contributed by atoms with van der Waals surface area (Å²) in [5.74, 6) is -0.255. The number of anilines is 1. The van der Waals surface area contributed by atoms with E-state index in [2.05, 4.69) is 4.98 Å². The van der Waals surface area contributed by atoms with Crippen LogP contribution in [0.1, 0.15) is 29.7 Å². The van der Waals surface area contributed by atoms with E-state index in [-0.39, 0.29) is 22.6 Å². The smallest absolute Gasteiger partial charge is 0.301 e. The second kappa shape index (κ2) is 10.3. The van der Waals surface area contributed by atoms with Gasteiger partial charge in [-0.2, -0.15) is 0 Å². The topological polar surface area (TPSA) is 107 Å². The number of amides is 1. The zero-order valence-electron chi connectivity index (χ0n) is 22.6. The van der Waals surface area contributed by atoms with Crippen molar-refractivity contribution in [1.82, 2.24) is 4.98 Å². The Morgan fingerprint density at radius 3 is 2.46 bits per heavy atom. The quantitative estimate of drug-likeness (QED) is 0.167. The van der Waals surface area contributed by atoms with E-state index in [9.17, 15) is 14.7 Å². The SMILES string of the molecule is COc1cc([C@H]2C(=C(O)c3ccc4c(c3)C[C@H](C)O4)C(=O)C(=O)N2c2nc3ccc(Cl)cc3s2)cc(OC)c1OC. The Hall–Kier alpha value is -4.28. The highest BCUT2D eigenvalue weighted by atomic mass is 35.5. The van der Waals surface area contributed by atoms with Gasteiger partial charge in [-0.25, -0.2) is 4.98 Å². The van der Waals surface area contributed by atoms with Gasteiger partial charge in [0.1, 0.15) is 17.6 Å². The van der Waals surface area contributed by atoms with Crippen molar-refractivity contribution < 1.29 is 33.6 Å². The minimum atomic E-state index is -1.05. The second-order valence-corrected chi connectivity index (χ2v) is 11.1. The highest BCUT2D eigenvalue weighted by molar-refractivity contribution is 7.22. The van der Waals surface area contributed by atoms with E-state index in [1.165, 1.54) is 37.6 Å². The molecule has 9 nitrogen and oxygen atoms in total. The summed E-state index contributed by atoms with van der Waals surface area (Å²) >= 11 is 7.41. The van der Waals surface area contributed by atoms with Crippen molar-refractivity contribution >= 4 is 55.7 Å². The largest absolute Gasteiger partial charge is 0.507 e. The lowest BCUT2D eigenvalue weighted by atomic mass is 9.94. The molecule has 0 saturated carbocycles. The normalized spacial score (nSPS) is 19.4. The Balaban J connectivity index is 1.59. The molecule has 1 amide bonds. The molecule has 3 aromatic carbocycles. The number of aliphatic hydroxyl groups is 1. The number of benzene rings is 3. The first-order chi connectivity index (χ1) is 19.7. The molecule has 0 spiro atoms. The Labute approximate surface area is 244 Å². The number of thiazole rings is 1. The van der Waals surface area contributed by atoms with Crippen molar-refractivity contribution in [3.05, 3.63) is 75.8 Å². The molecule has 0 unspecified atom stereocenters. The summed E-state index contributed by atoms with van der Waals surface area (Å²) < 4.78 is 23.1. The second-order valence-electron chi connectivity index (χ2n) is 9.69. The average molecular weight is 593 g/mol. The Bertz CT molecular complexity index is 1740. The number of hydrogen-bond donors (Lipinski definition) is 1. The average Bonchev–Trinajstić information content (AvgIpc) is 3.63. The predicted octanol–water partition coefficient (Wildman–Crippen LogP) is 5.93. The molecule has 2 atom stereocenters. The highest BCUT2D eigenvalue weighted by Gasteiger charge is 2.48. The number of halogens is 1. The molecular formula is C30H25ClN2O7S. The molecule has 3 heterocycles. The number of ether oxygens (including phenoxy) is 4. The molecule has 210 valence electrons. The van der Waals surface area contributed by atoms with Crippen LogP contribution in [-0.4, -0.2) is 49.2 Å². The Morgan fingerprint density at radius 1 is 1.05 bits per heavy atom. The van der Waals surface area contributed by atoms with Crippen LogP contribution in [0.25, 0.3) is 16.0 Å². The summed E-state index contributed by atoms with van der Waals surface area (Å²) in [6.07, 6.45) is 0.662. The summed E-state index contributed by atoms with van der Waals surface area (Å²) in [6, 6.07) is 12.7. The van der Waals surface area contributed by atoms with Gasteiger partial charge >= 0.3 is 5.91 Å². The number of Topliss-reactive ketones (excluding diaryl/α,β-unsaturated/α-hetero) is 1. The molecule has 0 radical (unpaired) electrons. The summed E-state index contributed by atoms with van der Waals surface area (Å²) in [6.45, 7) is 1.96. The Kier molecular flexibility index (Phi) is 6.75. The van der Waals surface area contributed by atoms with Crippen molar-refractivity contribution in [2.45, 2.75) is 25.5 Å². The minimum absolute atomic E-state index is 0.000237. The fraction of sp³-hybridized carbons (Fsp3) is 0.233. The third-order valence-corrected chi connectivity index (χ3v) is 8.41. The van der Waals surface area contributed by atoms with E-state index in [1.54, 1.807) is 48.5 Å². The third-order valence-electron chi connectivity index (χ3n) is 7.16. The van der Waals surface area contributed by atoms with Crippen LogP contribution in [0.3, 0.4) is 0 Å². The van der Waals surface area contributed by atoms with E-state index in [0.29, 0.717) is 45.3 Å². The number of rotatable bonds is 6. The number of aliphatic hydroxyl groups excluding tert-OH is 1. The number of ketones is 1. The van der Waals surface area contributed by atoms with Crippen molar-refractivity contribution in [2.75, 3.05) is 26.2 Å². The molecule has 1 aromatic heterocycles. The van der Waals surface area contributed by atoms with E-state index < -0.39 is 17.7 Å². The van der Waals surface area contributed by atoms with Gasteiger partial charge in [0, 0.05) is 17.0 Å². The third kappa shape index (κ3) is 4.43. The summed E-state index contributed by atoms with van der Waals surface area (Å²) in [7, 11) is 4.43. The van der Waals surface area contributed by atoms with Crippen LogP contribution in [-0.2, 0) is 16.0 Å². The standard InChI is InChI=1S/C30H25ClN2O7S/c1-14-9-16-10-15(5-8-20(16)40-14)26(34)24-25(17-11-21(37-2)28(39-4)22(12-17)38-3)33(29(36)27(24)35)30-32-19-7-6-18(31)13-23(19)41-30/h5-8,10-14,25,34H,9H2,1-4H3/t14-,25-/m0/s1. The molecule has 11 heteroatoms. The van der Waals surface area contributed by atoms with Crippen molar-refractivity contribution in [2.24, 2.45) is 0 Å². The van der Waals surface area contributed by atoms with Gasteiger partial charge in [-0.3, -0.25) is 14.5 Å². The maximum absolute atomic E-state index is 13.7. The molecule has 1 fully saturated rings. The number of nitrogens with zero attached hydrogens (tertiary/aromatic N) is 2. The fourth-order valence-electron chi connectivity index (χ4n) is 5.32. The van der Waals surface area contributed by atoms with Crippen LogP contribution in [0.2, 0.25) is 5.02 Å². The summed E-state index contributed by atoms with van der Waals surface area (Å²) in [5, 5.41) is 12.4. The van der Waals surface area contributed by atoms with Gasteiger partial charge < -0.3 is 24.1 Å². The van der Waals surface area contributed by atoms with E-state index in [4.69, 9.17) is 30.5 Å². The van der Waals surface area contributed by atoms with E-state index in [1.807, 2.05) is 6.92 Å². The summed E-state index contributed by atoms with van der Waals surface area (Å²) in [4.78, 5) is 33.4. The molecule has 4 aromatic rings. The molecule has 1 saturated heterocycles. The first kappa shape index (κ1) is 26.9. The predicted molar refractivity (Wildman–Crippen MR) is 156 cm³/mol. The molecule has 1 N–H and O–H groups in total. The summed E-state index contributed by atoms with van der Waals surface area (Å²) in [5.41, 5.74) is 2.29. The molecule has 0 aliphatic carbocycles. The maximum atomic E-state index is 13.7. The fourth-order valence-corrected chi connectivity index (χ4v) is 6.59. The van der Waals surface area contributed by atoms with Crippen LogP contribution < -0.4 is 23.8 Å². The lowest BCUT2D eigenvalue weighted by Crippen LogP contribution is -2.29. The molecular weight excluding hydrogens is 568 g/mol. The number of hydrogen-bond acceptors (Lipinski definition) is 9. The van der Waals surface area contributed by atoms with Gasteiger partial charge in [0.25, 0.3) is 5.78 Å². The number of methoxy groups -OCH3 is 3. The number of carbonyl (C=O) groups excluding carboxylic acids is 2. The van der Waals surface area contributed by atoms with Gasteiger partial charge in [0.15, 0.2) is 16.6 Å².